The molecular formula is C22H26ClF4N3O2. The van der Waals surface area contributed by atoms with Crippen molar-refractivity contribution in [1.82, 2.24) is 10.3 Å². The van der Waals surface area contributed by atoms with Crippen LogP contribution >= 0.6 is 11.6 Å². The maximum Gasteiger partial charge on any atom is 0.408 e. The maximum absolute atomic E-state index is 13.6. The fraction of sp³-hybridized carbons (Fsp3) is 0.455. The Morgan fingerprint density at radius 1 is 1.16 bits per heavy atom. The molecule has 32 heavy (non-hydrogen) atoms. The van der Waals surface area contributed by atoms with Crippen molar-refractivity contribution in [3.63, 3.8) is 0 Å². The Kier molecular flexibility index (Phi) is 7.46. The number of carbonyl (C=O) groups is 1. The Labute approximate surface area is 189 Å². The summed E-state index contributed by atoms with van der Waals surface area (Å²) in [6, 6.07) is 6.48. The van der Waals surface area contributed by atoms with Crippen molar-refractivity contribution in [2.45, 2.75) is 57.9 Å². The first-order valence-electron chi connectivity index (χ1n) is 9.79. The number of nitrogens with two attached hydrogens (primary N) is 1. The molecule has 5 nitrogen and oxygen atoms in total. The van der Waals surface area contributed by atoms with E-state index in [4.69, 9.17) is 22.1 Å². The van der Waals surface area contributed by atoms with Crippen LogP contribution in [0.4, 0.5) is 22.4 Å². The van der Waals surface area contributed by atoms with Crippen LogP contribution in [-0.4, -0.2) is 29.4 Å². The summed E-state index contributed by atoms with van der Waals surface area (Å²) in [7, 11) is 0. The number of carbonyl (C=O) groups excluding carboxylic acids is 1. The van der Waals surface area contributed by atoms with Gasteiger partial charge in [-0.2, -0.15) is 13.2 Å². The second-order valence-corrected chi connectivity index (χ2v) is 9.28. The summed E-state index contributed by atoms with van der Waals surface area (Å²) in [4.78, 5) is 16.4. The molecule has 2 aromatic rings. The SMILES string of the molecule is CC(C)(C)OC(=O)NC(C)(C)c1cc(-c2ccc(F)c(Cl)c2)nc(C(CN)C(F)(F)F)c1. The second kappa shape index (κ2) is 9.23. The van der Waals surface area contributed by atoms with Gasteiger partial charge in [0.15, 0.2) is 0 Å². The van der Waals surface area contributed by atoms with Gasteiger partial charge < -0.3 is 15.8 Å². The van der Waals surface area contributed by atoms with Gasteiger partial charge in [-0.05, 0) is 70.5 Å². The number of amides is 1. The van der Waals surface area contributed by atoms with Gasteiger partial charge in [0.25, 0.3) is 0 Å². The largest absolute Gasteiger partial charge is 0.444 e. The normalized spacial score (nSPS) is 13.6. The Balaban J connectivity index is 2.61. The summed E-state index contributed by atoms with van der Waals surface area (Å²) in [5.74, 6) is -2.71. The first-order valence-corrected chi connectivity index (χ1v) is 10.2. The Morgan fingerprint density at radius 2 is 1.78 bits per heavy atom. The molecule has 1 aromatic carbocycles. The molecule has 176 valence electrons. The van der Waals surface area contributed by atoms with Crippen LogP contribution in [0.3, 0.4) is 0 Å². The lowest BCUT2D eigenvalue weighted by Gasteiger charge is -2.30. The van der Waals surface area contributed by atoms with E-state index in [1.165, 1.54) is 24.3 Å². The lowest BCUT2D eigenvalue weighted by Crippen LogP contribution is -2.44. The number of nitrogens with one attached hydrogen (secondary N) is 1. The fourth-order valence-corrected chi connectivity index (χ4v) is 3.13. The van der Waals surface area contributed by atoms with Crippen molar-refractivity contribution in [1.29, 1.82) is 0 Å². The highest BCUT2D eigenvalue weighted by atomic mass is 35.5. The van der Waals surface area contributed by atoms with Crippen LogP contribution < -0.4 is 11.1 Å². The number of alkyl halides is 3. The van der Waals surface area contributed by atoms with Gasteiger partial charge in [0, 0.05) is 12.1 Å². The topological polar surface area (TPSA) is 77.2 Å². The average Bonchev–Trinajstić information content (AvgIpc) is 2.61. The zero-order chi connectivity index (χ0) is 24.5. The van der Waals surface area contributed by atoms with Crippen molar-refractivity contribution in [2.75, 3.05) is 6.54 Å². The van der Waals surface area contributed by atoms with Gasteiger partial charge in [0.1, 0.15) is 17.3 Å². The van der Waals surface area contributed by atoms with Gasteiger partial charge in [-0.15, -0.1) is 0 Å². The van der Waals surface area contributed by atoms with Crippen LogP contribution in [-0.2, 0) is 10.3 Å². The van der Waals surface area contributed by atoms with E-state index in [9.17, 15) is 22.4 Å². The lowest BCUT2D eigenvalue weighted by molar-refractivity contribution is -0.148. The van der Waals surface area contributed by atoms with Crippen LogP contribution in [0, 0.1) is 5.82 Å². The van der Waals surface area contributed by atoms with Gasteiger partial charge in [-0.1, -0.05) is 11.6 Å². The maximum atomic E-state index is 13.6. The summed E-state index contributed by atoms with van der Waals surface area (Å²) in [6.07, 6.45) is -5.38. The molecule has 1 heterocycles. The van der Waals surface area contributed by atoms with E-state index in [1.54, 1.807) is 34.6 Å². The predicted octanol–water partition coefficient (Wildman–Crippen LogP) is 5.91. The molecule has 10 heteroatoms. The molecule has 0 aliphatic heterocycles. The molecule has 0 bridgehead atoms. The zero-order valence-corrected chi connectivity index (χ0v) is 19.2. The number of halogens is 5. The number of hydrogen-bond acceptors (Lipinski definition) is 4. The van der Waals surface area contributed by atoms with E-state index in [1.807, 2.05) is 0 Å². The highest BCUT2D eigenvalue weighted by Gasteiger charge is 2.41. The number of benzene rings is 1. The summed E-state index contributed by atoms with van der Waals surface area (Å²) >= 11 is 5.85. The number of alkyl carbamates (subject to hydrolysis) is 1. The third-order valence-electron chi connectivity index (χ3n) is 4.58. The van der Waals surface area contributed by atoms with Gasteiger partial charge >= 0.3 is 12.3 Å². The Hall–Kier alpha value is -2.39. The first-order chi connectivity index (χ1) is 14.5. The minimum atomic E-state index is -4.64. The Bertz CT molecular complexity index is 988. The molecule has 1 amide bonds. The van der Waals surface area contributed by atoms with Crippen molar-refractivity contribution in [3.8, 4) is 11.3 Å². The molecule has 1 unspecified atom stereocenters. The van der Waals surface area contributed by atoms with E-state index in [0.717, 1.165) is 6.07 Å². The van der Waals surface area contributed by atoms with E-state index in [2.05, 4.69) is 10.3 Å². The third-order valence-corrected chi connectivity index (χ3v) is 4.87. The predicted molar refractivity (Wildman–Crippen MR) is 115 cm³/mol. The second-order valence-electron chi connectivity index (χ2n) is 8.88. The van der Waals surface area contributed by atoms with Gasteiger partial charge in [0.2, 0.25) is 0 Å². The summed E-state index contributed by atoms with van der Waals surface area (Å²) < 4.78 is 59.7. The summed E-state index contributed by atoms with van der Waals surface area (Å²) in [5.41, 5.74) is 3.95. The molecule has 0 saturated heterocycles. The van der Waals surface area contributed by atoms with Crippen LogP contribution in [0.2, 0.25) is 5.02 Å². The molecule has 2 rings (SSSR count). The quantitative estimate of drug-likeness (QED) is 0.527. The van der Waals surface area contributed by atoms with Crippen molar-refractivity contribution < 1.29 is 27.1 Å². The van der Waals surface area contributed by atoms with Crippen molar-refractivity contribution >= 4 is 17.7 Å². The monoisotopic (exact) mass is 475 g/mol. The lowest BCUT2D eigenvalue weighted by atomic mass is 9.90. The number of aromatic nitrogens is 1. The molecule has 0 radical (unpaired) electrons. The summed E-state index contributed by atoms with van der Waals surface area (Å²) in [5, 5.41) is 2.46. The van der Waals surface area contributed by atoms with Crippen LogP contribution in [0.5, 0.6) is 0 Å². The third kappa shape index (κ3) is 6.56. The van der Waals surface area contributed by atoms with Gasteiger partial charge in [0.05, 0.1) is 21.9 Å². The van der Waals surface area contributed by atoms with Crippen molar-refractivity contribution in [2.24, 2.45) is 5.73 Å². The number of ether oxygens (including phenoxy) is 1. The van der Waals surface area contributed by atoms with E-state index >= 15 is 0 Å². The number of pyridine rings is 1. The summed E-state index contributed by atoms with van der Waals surface area (Å²) in [6.45, 7) is 7.58. The highest BCUT2D eigenvalue weighted by Crippen LogP contribution is 2.36. The highest BCUT2D eigenvalue weighted by molar-refractivity contribution is 6.31. The molecule has 0 spiro atoms. The number of rotatable bonds is 5. The standard InChI is InChI=1S/C22H26ClF4N3O2/c1-20(2,3)32-19(31)30-21(4,5)13-9-17(12-6-7-16(24)15(23)8-12)29-18(10-13)14(11-28)22(25,26)27/h6-10,14H,11,28H2,1-5H3,(H,30,31). The fourth-order valence-electron chi connectivity index (χ4n) is 2.95. The van der Waals surface area contributed by atoms with Gasteiger partial charge in [-0.3, -0.25) is 4.98 Å². The molecule has 0 saturated carbocycles. The van der Waals surface area contributed by atoms with Crippen LogP contribution in [0.15, 0.2) is 30.3 Å². The molecular weight excluding hydrogens is 450 g/mol. The van der Waals surface area contributed by atoms with Gasteiger partial charge in [-0.25, -0.2) is 9.18 Å². The molecule has 1 aromatic heterocycles. The molecule has 0 fully saturated rings. The van der Waals surface area contributed by atoms with E-state index < -0.39 is 41.7 Å². The Morgan fingerprint density at radius 3 is 2.28 bits per heavy atom. The van der Waals surface area contributed by atoms with E-state index in [0.29, 0.717) is 11.1 Å². The van der Waals surface area contributed by atoms with E-state index in [-0.39, 0.29) is 16.4 Å². The van der Waals surface area contributed by atoms with Crippen LogP contribution in [0.25, 0.3) is 11.3 Å². The molecule has 3 N–H and O–H groups in total. The average molecular weight is 476 g/mol. The smallest absolute Gasteiger partial charge is 0.408 e. The molecule has 0 aliphatic carbocycles. The minimum Gasteiger partial charge on any atom is -0.444 e. The molecule has 0 aliphatic rings. The van der Waals surface area contributed by atoms with Crippen LogP contribution in [0.1, 0.15) is 51.8 Å². The number of hydrogen-bond donors (Lipinski definition) is 2. The van der Waals surface area contributed by atoms with Crippen molar-refractivity contribution in [3.05, 3.63) is 52.4 Å². The zero-order valence-electron chi connectivity index (χ0n) is 18.4. The number of nitrogens with zero attached hydrogens (tertiary/aromatic N) is 1. The minimum absolute atomic E-state index is 0.126. The first kappa shape index (κ1) is 25.9. The molecule has 1 atom stereocenters.